The molecular weight excluding hydrogens is 284 g/mol. The molecule has 2 N–H and O–H groups in total. The number of furan rings is 1. The molecule has 0 amide bonds. The summed E-state index contributed by atoms with van der Waals surface area (Å²) in [4.78, 5) is 0. The number of nitrogens with one attached hydrogen (secondary N) is 2. The average Bonchev–Trinajstić information content (AvgIpc) is 2.96. The van der Waals surface area contributed by atoms with Crippen molar-refractivity contribution in [2.24, 2.45) is 5.10 Å². The van der Waals surface area contributed by atoms with Crippen molar-refractivity contribution in [1.29, 1.82) is 5.26 Å². The largest absolute Gasteiger partial charge is 0.455 e. The van der Waals surface area contributed by atoms with Crippen LogP contribution < -0.4 is 10.7 Å². The van der Waals surface area contributed by atoms with Crippen molar-refractivity contribution in [2.45, 2.75) is 6.92 Å². The third-order valence-electron chi connectivity index (χ3n) is 2.63. The minimum Gasteiger partial charge on any atom is -0.455 e. The number of benzene rings is 1. The standard InChI is InChI=1S/C15H14N4OS/c1-2-17-15(21)19-18-10-12-7-8-14(20-12)13-6-4-3-5-11(13)9-16/h3-8,10H,2H2,1H3,(H2,17,19,21)/b18-10-. The van der Waals surface area contributed by atoms with Crippen LogP contribution in [0.15, 0.2) is 45.9 Å². The van der Waals surface area contributed by atoms with E-state index in [-0.39, 0.29) is 0 Å². The van der Waals surface area contributed by atoms with E-state index in [1.165, 1.54) is 6.21 Å². The number of hydrogen-bond acceptors (Lipinski definition) is 4. The second-order valence-corrected chi connectivity index (χ2v) is 4.50. The predicted octanol–water partition coefficient (Wildman–Crippen LogP) is 2.64. The lowest BCUT2D eigenvalue weighted by Gasteiger charge is -2.01. The zero-order chi connectivity index (χ0) is 15.1. The van der Waals surface area contributed by atoms with Gasteiger partial charge >= 0.3 is 0 Å². The molecule has 2 aromatic rings. The van der Waals surface area contributed by atoms with Gasteiger partial charge in [-0.1, -0.05) is 12.1 Å². The molecule has 0 bridgehead atoms. The van der Waals surface area contributed by atoms with E-state index in [2.05, 4.69) is 21.9 Å². The summed E-state index contributed by atoms with van der Waals surface area (Å²) in [7, 11) is 0. The van der Waals surface area contributed by atoms with E-state index >= 15 is 0 Å². The monoisotopic (exact) mass is 298 g/mol. The Morgan fingerprint density at radius 2 is 2.19 bits per heavy atom. The summed E-state index contributed by atoms with van der Waals surface area (Å²) in [6.07, 6.45) is 1.53. The highest BCUT2D eigenvalue weighted by atomic mass is 32.1. The van der Waals surface area contributed by atoms with Gasteiger partial charge in [0.25, 0.3) is 0 Å². The van der Waals surface area contributed by atoms with Crippen LogP contribution in [0.4, 0.5) is 0 Å². The highest BCUT2D eigenvalue weighted by molar-refractivity contribution is 7.80. The molecule has 0 aliphatic heterocycles. The van der Waals surface area contributed by atoms with Crippen LogP contribution in [0.2, 0.25) is 0 Å². The number of hydrazone groups is 1. The van der Waals surface area contributed by atoms with Crippen LogP contribution >= 0.6 is 12.2 Å². The molecule has 1 heterocycles. The first kappa shape index (κ1) is 14.8. The Kier molecular flexibility index (Phi) is 5.07. The van der Waals surface area contributed by atoms with E-state index in [0.717, 1.165) is 12.1 Å². The number of rotatable bonds is 4. The quantitative estimate of drug-likeness (QED) is 0.516. The second-order valence-electron chi connectivity index (χ2n) is 4.09. The van der Waals surface area contributed by atoms with E-state index in [4.69, 9.17) is 21.9 Å². The highest BCUT2D eigenvalue weighted by Gasteiger charge is 2.07. The van der Waals surface area contributed by atoms with Crippen molar-refractivity contribution in [3.05, 3.63) is 47.7 Å². The van der Waals surface area contributed by atoms with Crippen molar-refractivity contribution in [3.63, 3.8) is 0 Å². The van der Waals surface area contributed by atoms with Gasteiger partial charge in [0.15, 0.2) is 5.11 Å². The first-order valence-corrected chi connectivity index (χ1v) is 6.81. The minimum atomic E-state index is 0.454. The SMILES string of the molecule is CCNC(=S)N/N=C\c1ccc(-c2ccccc2C#N)o1. The molecule has 106 valence electrons. The maximum absolute atomic E-state index is 9.09. The number of thiocarbonyl (C=S) groups is 1. The van der Waals surface area contributed by atoms with E-state index in [0.29, 0.717) is 22.2 Å². The lowest BCUT2D eigenvalue weighted by Crippen LogP contribution is -2.31. The van der Waals surface area contributed by atoms with E-state index in [1.54, 1.807) is 18.2 Å². The molecule has 1 aromatic carbocycles. The van der Waals surface area contributed by atoms with Crippen LogP contribution in [0, 0.1) is 11.3 Å². The van der Waals surface area contributed by atoms with Gasteiger partial charge in [-0.3, -0.25) is 5.43 Å². The topological polar surface area (TPSA) is 73.3 Å². The molecule has 0 unspecified atom stereocenters. The molecule has 0 spiro atoms. The normalized spacial score (nSPS) is 10.3. The first-order valence-electron chi connectivity index (χ1n) is 6.41. The fourth-order valence-electron chi connectivity index (χ4n) is 1.72. The smallest absolute Gasteiger partial charge is 0.186 e. The fraction of sp³-hybridized carbons (Fsp3) is 0.133. The molecule has 5 nitrogen and oxygen atoms in total. The van der Waals surface area contributed by atoms with Gasteiger partial charge in [0.1, 0.15) is 11.5 Å². The van der Waals surface area contributed by atoms with E-state index in [9.17, 15) is 0 Å². The molecular formula is C15H14N4OS. The van der Waals surface area contributed by atoms with Crippen molar-refractivity contribution < 1.29 is 4.42 Å². The molecule has 1 aromatic heterocycles. The Hall–Kier alpha value is -2.65. The van der Waals surface area contributed by atoms with Crippen LogP contribution in [0.5, 0.6) is 0 Å². The summed E-state index contributed by atoms with van der Waals surface area (Å²) in [5, 5.41) is 16.4. The molecule has 0 radical (unpaired) electrons. The van der Waals surface area contributed by atoms with E-state index < -0.39 is 0 Å². The Labute approximate surface area is 128 Å². The number of nitrogens with zero attached hydrogens (tertiary/aromatic N) is 2. The third kappa shape index (κ3) is 3.91. The van der Waals surface area contributed by atoms with Gasteiger partial charge in [0.2, 0.25) is 0 Å². The van der Waals surface area contributed by atoms with Crippen molar-refractivity contribution in [2.75, 3.05) is 6.54 Å². The van der Waals surface area contributed by atoms with Gasteiger partial charge in [-0.05, 0) is 43.4 Å². The zero-order valence-electron chi connectivity index (χ0n) is 11.5. The molecule has 0 fully saturated rings. The van der Waals surface area contributed by atoms with Gasteiger partial charge in [0.05, 0.1) is 17.8 Å². The maximum Gasteiger partial charge on any atom is 0.186 e. The van der Waals surface area contributed by atoms with Crippen LogP contribution in [0.3, 0.4) is 0 Å². The number of nitriles is 1. The Balaban J connectivity index is 2.10. The molecule has 21 heavy (non-hydrogen) atoms. The van der Waals surface area contributed by atoms with Gasteiger partial charge in [-0.15, -0.1) is 0 Å². The molecule has 6 heteroatoms. The van der Waals surface area contributed by atoms with Gasteiger partial charge in [0, 0.05) is 12.1 Å². The van der Waals surface area contributed by atoms with Crippen molar-refractivity contribution in [3.8, 4) is 17.4 Å². The molecule has 0 aliphatic rings. The zero-order valence-corrected chi connectivity index (χ0v) is 12.3. The van der Waals surface area contributed by atoms with E-state index in [1.807, 2.05) is 25.1 Å². The summed E-state index contributed by atoms with van der Waals surface area (Å²) in [5.74, 6) is 1.20. The summed E-state index contributed by atoms with van der Waals surface area (Å²) >= 11 is 4.98. The first-order chi connectivity index (χ1) is 10.2. The number of hydrogen-bond donors (Lipinski definition) is 2. The van der Waals surface area contributed by atoms with Crippen LogP contribution in [-0.4, -0.2) is 17.9 Å². The van der Waals surface area contributed by atoms with Gasteiger partial charge in [-0.2, -0.15) is 10.4 Å². The summed E-state index contributed by atoms with van der Waals surface area (Å²) < 4.78 is 5.65. The highest BCUT2D eigenvalue weighted by Crippen LogP contribution is 2.24. The van der Waals surface area contributed by atoms with Crippen molar-refractivity contribution in [1.82, 2.24) is 10.7 Å². The molecule has 2 rings (SSSR count). The lowest BCUT2D eigenvalue weighted by atomic mass is 10.1. The molecule has 0 aliphatic carbocycles. The third-order valence-corrected chi connectivity index (χ3v) is 2.87. The summed E-state index contributed by atoms with van der Waals surface area (Å²) in [5.41, 5.74) is 4.01. The Morgan fingerprint density at radius 3 is 2.95 bits per heavy atom. The fourth-order valence-corrected chi connectivity index (χ4v) is 1.91. The second kappa shape index (κ2) is 7.22. The van der Waals surface area contributed by atoms with Crippen molar-refractivity contribution >= 4 is 23.5 Å². The molecule has 0 atom stereocenters. The van der Waals surface area contributed by atoms with Crippen LogP contribution in [0.25, 0.3) is 11.3 Å². The minimum absolute atomic E-state index is 0.454. The summed E-state index contributed by atoms with van der Waals surface area (Å²) in [6, 6.07) is 13.0. The van der Waals surface area contributed by atoms with Gasteiger partial charge in [-0.25, -0.2) is 0 Å². The Morgan fingerprint density at radius 1 is 1.38 bits per heavy atom. The lowest BCUT2D eigenvalue weighted by molar-refractivity contribution is 0.574. The average molecular weight is 298 g/mol. The van der Waals surface area contributed by atoms with Crippen LogP contribution in [-0.2, 0) is 0 Å². The van der Waals surface area contributed by atoms with Gasteiger partial charge < -0.3 is 9.73 Å². The summed E-state index contributed by atoms with van der Waals surface area (Å²) in [6.45, 7) is 2.68. The predicted molar refractivity (Wildman–Crippen MR) is 85.9 cm³/mol. The molecule has 0 saturated carbocycles. The van der Waals surface area contributed by atoms with Crippen LogP contribution in [0.1, 0.15) is 18.2 Å². The molecule has 0 saturated heterocycles. The maximum atomic E-state index is 9.09. The Bertz CT molecular complexity index is 700.